The number of rotatable bonds is 4. The van der Waals surface area contributed by atoms with Crippen LogP contribution in [0.2, 0.25) is 10.4 Å². The highest BCUT2D eigenvalue weighted by Crippen LogP contribution is 2.15. The van der Waals surface area contributed by atoms with Crippen LogP contribution in [0.15, 0.2) is 36.5 Å². The molecule has 0 aliphatic heterocycles. The Morgan fingerprint density at radius 3 is 2.60 bits per heavy atom. The Bertz CT molecular complexity index is 657. The SMILES string of the molecule is O=C(/C=C/c1ccc(F)cc1)Cc1cnc(Cl)nc1Cl. The predicted molar refractivity (Wildman–Crippen MR) is 76.2 cm³/mol. The summed E-state index contributed by atoms with van der Waals surface area (Å²) >= 11 is 11.4. The molecule has 0 spiro atoms. The van der Waals surface area contributed by atoms with Gasteiger partial charge in [0.15, 0.2) is 5.78 Å². The van der Waals surface area contributed by atoms with E-state index in [4.69, 9.17) is 23.2 Å². The summed E-state index contributed by atoms with van der Waals surface area (Å²) < 4.78 is 12.7. The highest BCUT2D eigenvalue weighted by atomic mass is 35.5. The topological polar surface area (TPSA) is 42.9 Å². The van der Waals surface area contributed by atoms with Crippen molar-refractivity contribution >= 4 is 35.1 Å². The zero-order valence-electron chi connectivity index (χ0n) is 10.2. The number of nitrogens with zero attached hydrogens (tertiary/aromatic N) is 2. The van der Waals surface area contributed by atoms with Gasteiger partial charge >= 0.3 is 0 Å². The van der Waals surface area contributed by atoms with Gasteiger partial charge in [0, 0.05) is 18.2 Å². The van der Waals surface area contributed by atoms with Crippen LogP contribution in [0.25, 0.3) is 6.08 Å². The van der Waals surface area contributed by atoms with E-state index in [1.165, 1.54) is 24.4 Å². The van der Waals surface area contributed by atoms with E-state index in [2.05, 4.69) is 9.97 Å². The molecule has 1 heterocycles. The van der Waals surface area contributed by atoms with Crippen LogP contribution in [0.4, 0.5) is 4.39 Å². The summed E-state index contributed by atoms with van der Waals surface area (Å²) in [5.41, 5.74) is 1.24. The van der Waals surface area contributed by atoms with E-state index in [0.717, 1.165) is 5.56 Å². The van der Waals surface area contributed by atoms with Gasteiger partial charge in [-0.25, -0.2) is 14.4 Å². The Kier molecular flexibility index (Phi) is 4.82. The van der Waals surface area contributed by atoms with E-state index >= 15 is 0 Å². The van der Waals surface area contributed by atoms with Crippen molar-refractivity contribution in [3.8, 4) is 0 Å². The fourth-order valence-corrected chi connectivity index (χ4v) is 1.87. The molecule has 0 unspecified atom stereocenters. The second kappa shape index (κ2) is 6.59. The van der Waals surface area contributed by atoms with Gasteiger partial charge < -0.3 is 0 Å². The van der Waals surface area contributed by atoms with Crippen molar-refractivity contribution in [3.63, 3.8) is 0 Å². The first-order valence-electron chi connectivity index (χ1n) is 5.68. The lowest BCUT2D eigenvalue weighted by Gasteiger charge is -2.00. The number of hydrogen-bond acceptors (Lipinski definition) is 3. The summed E-state index contributed by atoms with van der Waals surface area (Å²) in [6.45, 7) is 0. The quantitative estimate of drug-likeness (QED) is 0.491. The maximum Gasteiger partial charge on any atom is 0.223 e. The smallest absolute Gasteiger partial charge is 0.223 e. The van der Waals surface area contributed by atoms with Crippen LogP contribution in [-0.2, 0) is 11.2 Å². The van der Waals surface area contributed by atoms with E-state index in [0.29, 0.717) is 5.56 Å². The minimum atomic E-state index is -0.321. The lowest BCUT2D eigenvalue weighted by Crippen LogP contribution is -2.01. The Hall–Kier alpha value is -1.78. The van der Waals surface area contributed by atoms with Gasteiger partial charge in [0.25, 0.3) is 0 Å². The maximum atomic E-state index is 12.7. The van der Waals surface area contributed by atoms with E-state index in [1.807, 2.05) is 0 Å². The molecule has 0 saturated heterocycles. The van der Waals surface area contributed by atoms with Gasteiger partial charge in [-0.05, 0) is 35.4 Å². The molecule has 0 aliphatic rings. The van der Waals surface area contributed by atoms with Gasteiger partial charge in [-0.1, -0.05) is 29.8 Å². The molecule has 0 aliphatic carbocycles. The average molecular weight is 311 g/mol. The Balaban J connectivity index is 2.03. The van der Waals surface area contributed by atoms with Gasteiger partial charge in [-0.15, -0.1) is 0 Å². The molecule has 0 saturated carbocycles. The number of allylic oxidation sites excluding steroid dienone is 1. The first-order chi connectivity index (χ1) is 9.54. The molecule has 0 radical (unpaired) electrons. The molecule has 2 aromatic rings. The Morgan fingerprint density at radius 2 is 1.95 bits per heavy atom. The number of ketones is 1. The summed E-state index contributed by atoms with van der Waals surface area (Å²) in [5.74, 6) is -0.485. The lowest BCUT2D eigenvalue weighted by atomic mass is 10.1. The van der Waals surface area contributed by atoms with Crippen LogP contribution >= 0.6 is 23.2 Å². The van der Waals surface area contributed by atoms with Gasteiger partial charge in [0.2, 0.25) is 5.28 Å². The maximum absolute atomic E-state index is 12.7. The molecule has 0 amide bonds. The first kappa shape index (κ1) is 14.6. The summed E-state index contributed by atoms with van der Waals surface area (Å²) in [4.78, 5) is 19.3. The third kappa shape index (κ3) is 4.11. The normalized spacial score (nSPS) is 10.9. The summed E-state index contributed by atoms with van der Waals surface area (Å²) in [7, 11) is 0. The average Bonchev–Trinajstić information content (AvgIpc) is 2.41. The third-order valence-corrected chi connectivity index (χ3v) is 2.99. The Morgan fingerprint density at radius 1 is 1.25 bits per heavy atom. The molecule has 3 nitrogen and oxygen atoms in total. The zero-order chi connectivity index (χ0) is 14.5. The van der Waals surface area contributed by atoms with Crippen LogP contribution in [0.1, 0.15) is 11.1 Å². The summed E-state index contributed by atoms with van der Waals surface area (Å²) in [6.07, 6.45) is 4.50. The number of carbonyl (C=O) groups is 1. The van der Waals surface area contributed by atoms with E-state index in [9.17, 15) is 9.18 Å². The minimum absolute atomic E-state index is 0.0352. The fourth-order valence-electron chi connectivity index (χ4n) is 1.49. The highest BCUT2D eigenvalue weighted by Gasteiger charge is 2.07. The van der Waals surface area contributed by atoms with Crippen LogP contribution < -0.4 is 0 Å². The molecular weight excluding hydrogens is 302 g/mol. The molecule has 0 fully saturated rings. The lowest BCUT2D eigenvalue weighted by molar-refractivity contribution is -0.113. The molecule has 20 heavy (non-hydrogen) atoms. The van der Waals surface area contributed by atoms with Gasteiger partial charge in [0.1, 0.15) is 11.0 Å². The molecule has 0 N–H and O–H groups in total. The fraction of sp³-hybridized carbons (Fsp3) is 0.0714. The number of benzene rings is 1. The second-order valence-corrected chi connectivity index (χ2v) is 4.68. The van der Waals surface area contributed by atoms with E-state index < -0.39 is 0 Å². The van der Waals surface area contributed by atoms with Gasteiger partial charge in [-0.2, -0.15) is 0 Å². The molecule has 2 rings (SSSR count). The van der Waals surface area contributed by atoms with Crippen LogP contribution in [0.3, 0.4) is 0 Å². The molecule has 1 aromatic carbocycles. The van der Waals surface area contributed by atoms with Gasteiger partial charge in [0.05, 0.1) is 0 Å². The summed E-state index contributed by atoms with van der Waals surface area (Å²) in [6, 6.07) is 5.82. The number of carbonyl (C=O) groups excluding carboxylic acids is 1. The molecule has 1 aromatic heterocycles. The van der Waals surface area contributed by atoms with Crippen molar-refractivity contribution in [2.45, 2.75) is 6.42 Å². The van der Waals surface area contributed by atoms with Crippen molar-refractivity contribution < 1.29 is 9.18 Å². The third-order valence-electron chi connectivity index (χ3n) is 2.48. The van der Waals surface area contributed by atoms with Gasteiger partial charge in [-0.3, -0.25) is 4.79 Å². The number of halogens is 3. The standard InChI is InChI=1S/C14H9Cl2FN2O/c15-13-10(8-18-14(16)19-13)7-12(20)6-3-9-1-4-11(17)5-2-9/h1-6,8H,7H2/b6-3+. The molecule has 6 heteroatoms. The predicted octanol–water partition coefficient (Wildman–Crippen LogP) is 3.75. The monoisotopic (exact) mass is 310 g/mol. The second-order valence-electron chi connectivity index (χ2n) is 3.98. The number of hydrogen-bond donors (Lipinski definition) is 0. The largest absolute Gasteiger partial charge is 0.294 e. The zero-order valence-corrected chi connectivity index (χ0v) is 11.7. The van der Waals surface area contributed by atoms with E-state index in [-0.39, 0.29) is 28.5 Å². The molecule has 0 atom stereocenters. The molecule has 102 valence electrons. The van der Waals surface area contributed by atoms with Crippen molar-refractivity contribution in [1.82, 2.24) is 9.97 Å². The van der Waals surface area contributed by atoms with E-state index in [1.54, 1.807) is 18.2 Å². The van der Waals surface area contributed by atoms with Crippen LogP contribution in [0.5, 0.6) is 0 Å². The van der Waals surface area contributed by atoms with Crippen LogP contribution in [-0.4, -0.2) is 15.8 Å². The first-order valence-corrected chi connectivity index (χ1v) is 6.43. The van der Waals surface area contributed by atoms with Crippen molar-refractivity contribution in [3.05, 3.63) is 63.9 Å². The van der Waals surface area contributed by atoms with Crippen molar-refractivity contribution in [1.29, 1.82) is 0 Å². The van der Waals surface area contributed by atoms with Crippen LogP contribution in [0, 0.1) is 5.82 Å². The number of aromatic nitrogens is 2. The van der Waals surface area contributed by atoms with Crippen molar-refractivity contribution in [2.75, 3.05) is 0 Å². The van der Waals surface area contributed by atoms with Crippen molar-refractivity contribution in [2.24, 2.45) is 0 Å². The molecular formula is C14H9Cl2FN2O. The highest BCUT2D eigenvalue weighted by molar-refractivity contribution is 6.32. The minimum Gasteiger partial charge on any atom is -0.294 e. The summed E-state index contributed by atoms with van der Waals surface area (Å²) in [5, 5.41) is 0.196. The molecule has 0 bridgehead atoms. The Labute approximate surface area is 125 Å².